The minimum atomic E-state index is -1.18. The minimum Gasteiger partial charge on any atom is -0.444 e. The molecule has 8 nitrogen and oxygen atoms in total. The van der Waals surface area contributed by atoms with Crippen molar-refractivity contribution < 1.29 is 19.1 Å². The number of benzene rings is 1. The molecule has 1 aliphatic heterocycles. The summed E-state index contributed by atoms with van der Waals surface area (Å²) in [6.45, 7) is 23.0. The Balaban J connectivity index is 1.46. The molecule has 3 atom stereocenters. The molecule has 1 saturated carbocycles. The summed E-state index contributed by atoms with van der Waals surface area (Å²) in [6, 6.07) is 7.30. The number of para-hydroxylation sites is 1. The molecule has 0 radical (unpaired) electrons. The van der Waals surface area contributed by atoms with Gasteiger partial charge in [-0.2, -0.15) is 5.10 Å². The van der Waals surface area contributed by atoms with Crippen LogP contribution in [0.4, 0.5) is 4.79 Å². The van der Waals surface area contributed by atoms with Crippen LogP contribution in [0.15, 0.2) is 18.2 Å². The Labute approximate surface area is 228 Å². The van der Waals surface area contributed by atoms with Crippen molar-refractivity contribution in [2.75, 3.05) is 19.7 Å². The fourth-order valence-corrected chi connectivity index (χ4v) is 6.55. The zero-order valence-corrected chi connectivity index (χ0v) is 25.9. The van der Waals surface area contributed by atoms with E-state index >= 15 is 0 Å². The van der Waals surface area contributed by atoms with Gasteiger partial charge in [0.15, 0.2) is 0 Å². The van der Waals surface area contributed by atoms with E-state index in [0.29, 0.717) is 19.8 Å². The second-order valence-electron chi connectivity index (χ2n) is 14.2. The predicted molar refractivity (Wildman–Crippen MR) is 153 cm³/mol. The number of ether oxygens (including phenoxy) is 2. The minimum absolute atomic E-state index is 0.0214. The van der Waals surface area contributed by atoms with Crippen LogP contribution in [0.3, 0.4) is 0 Å². The highest BCUT2D eigenvalue weighted by atomic mass is 28.3. The number of carbonyl (C=O) groups is 2. The molecule has 1 saturated heterocycles. The van der Waals surface area contributed by atoms with E-state index in [4.69, 9.17) is 14.6 Å². The maximum absolute atomic E-state index is 13.5. The third-order valence-electron chi connectivity index (χ3n) is 7.94. The summed E-state index contributed by atoms with van der Waals surface area (Å²) in [5.41, 5.74) is 1.58. The van der Waals surface area contributed by atoms with Gasteiger partial charge in [-0.3, -0.25) is 4.79 Å². The van der Waals surface area contributed by atoms with Crippen molar-refractivity contribution in [3.63, 3.8) is 0 Å². The quantitative estimate of drug-likeness (QED) is 0.351. The number of aryl methyl sites for hydroxylation is 1. The number of piperidine rings is 1. The van der Waals surface area contributed by atoms with Gasteiger partial charge < -0.3 is 19.7 Å². The van der Waals surface area contributed by atoms with E-state index < -0.39 is 19.2 Å². The lowest BCUT2D eigenvalue weighted by Gasteiger charge is -2.28. The first kappa shape index (κ1) is 28.6. The molecule has 2 amide bonds. The zero-order valence-electron chi connectivity index (χ0n) is 24.9. The Hall–Kier alpha value is -2.39. The molecule has 0 spiro atoms. The van der Waals surface area contributed by atoms with E-state index in [1.807, 2.05) is 45.4 Å². The van der Waals surface area contributed by atoms with E-state index in [-0.39, 0.29) is 29.3 Å². The SMILES string of the molecule is Cc1cccc2c(C(C)(C)NC(=O)C3[C@@H]4CN(C(=O)OC(C)(C)C)CC34C)nn(COCC[Si](C)(C)C)c12. The normalized spacial score (nSPS) is 23.5. The maximum Gasteiger partial charge on any atom is 0.410 e. The Kier molecular flexibility index (Phi) is 7.27. The van der Waals surface area contributed by atoms with Crippen molar-refractivity contribution >= 4 is 31.0 Å². The fourth-order valence-electron chi connectivity index (χ4n) is 5.80. The topological polar surface area (TPSA) is 85.7 Å². The van der Waals surface area contributed by atoms with Crippen LogP contribution in [0.25, 0.3) is 10.9 Å². The van der Waals surface area contributed by atoms with E-state index in [2.05, 4.69) is 50.9 Å². The molecule has 1 aliphatic carbocycles. The lowest BCUT2D eigenvalue weighted by Crippen LogP contribution is -2.45. The lowest BCUT2D eigenvalue weighted by atomic mass is 9.95. The summed E-state index contributed by atoms with van der Waals surface area (Å²) >= 11 is 0. The maximum atomic E-state index is 13.5. The molecule has 2 aromatic rings. The molecule has 1 aromatic heterocycles. The van der Waals surface area contributed by atoms with Crippen molar-refractivity contribution in [3.8, 4) is 0 Å². The molecule has 38 heavy (non-hydrogen) atoms. The van der Waals surface area contributed by atoms with E-state index in [1.165, 1.54) is 0 Å². The second-order valence-corrected chi connectivity index (χ2v) is 19.9. The molecule has 2 unspecified atom stereocenters. The van der Waals surface area contributed by atoms with Crippen molar-refractivity contribution in [2.45, 2.75) is 92.0 Å². The Morgan fingerprint density at radius 1 is 1.18 bits per heavy atom. The third kappa shape index (κ3) is 5.78. The van der Waals surface area contributed by atoms with Crippen LogP contribution in [0, 0.1) is 24.2 Å². The number of carbonyl (C=O) groups excluding carboxylic acids is 2. The molecule has 2 heterocycles. The predicted octanol–water partition coefficient (Wildman–Crippen LogP) is 5.51. The average Bonchev–Trinajstić information content (AvgIpc) is 3.04. The number of hydrogen-bond acceptors (Lipinski definition) is 5. The molecule has 9 heteroatoms. The summed E-state index contributed by atoms with van der Waals surface area (Å²) in [5.74, 6) is 0.0376. The Morgan fingerprint density at radius 2 is 1.87 bits per heavy atom. The summed E-state index contributed by atoms with van der Waals surface area (Å²) in [5, 5.41) is 9.29. The summed E-state index contributed by atoms with van der Waals surface area (Å²) < 4.78 is 13.5. The van der Waals surface area contributed by atoms with Crippen LogP contribution in [-0.2, 0) is 26.5 Å². The van der Waals surface area contributed by atoms with Gasteiger partial charge in [-0.15, -0.1) is 0 Å². The van der Waals surface area contributed by atoms with Crippen LogP contribution < -0.4 is 5.32 Å². The van der Waals surface area contributed by atoms with Gasteiger partial charge in [0.25, 0.3) is 0 Å². The number of rotatable bonds is 8. The van der Waals surface area contributed by atoms with Gasteiger partial charge in [-0.1, -0.05) is 44.8 Å². The number of nitrogens with one attached hydrogen (secondary N) is 1. The van der Waals surface area contributed by atoms with Gasteiger partial charge in [0, 0.05) is 38.6 Å². The monoisotopic (exact) mass is 542 g/mol. The van der Waals surface area contributed by atoms with Crippen LogP contribution in [-0.4, -0.2) is 60.1 Å². The zero-order chi connectivity index (χ0) is 28.3. The first-order chi connectivity index (χ1) is 17.4. The first-order valence-corrected chi connectivity index (χ1v) is 17.5. The van der Waals surface area contributed by atoms with E-state index in [1.54, 1.807) is 4.90 Å². The largest absolute Gasteiger partial charge is 0.444 e. The number of nitrogens with zero attached hydrogens (tertiary/aromatic N) is 3. The van der Waals surface area contributed by atoms with Crippen LogP contribution in [0.1, 0.15) is 52.8 Å². The van der Waals surface area contributed by atoms with Crippen LogP contribution >= 0.6 is 0 Å². The number of likely N-dealkylation sites (tertiary alicyclic amines) is 1. The highest BCUT2D eigenvalue weighted by Crippen LogP contribution is 2.63. The number of aromatic nitrogens is 2. The average molecular weight is 543 g/mol. The molecule has 4 rings (SSSR count). The number of hydrogen-bond donors (Lipinski definition) is 1. The van der Waals surface area contributed by atoms with Gasteiger partial charge in [0.1, 0.15) is 12.3 Å². The standard InChI is InChI=1S/C29H46N4O4Si/c1-19-12-11-13-20-23(19)33(18-36-14-15-38(8,9)10)31-24(20)28(5,6)30-25(34)22-21-16-32(17-29(21,22)7)26(35)37-27(2,3)4/h11-13,21-22H,14-18H2,1-10H3,(H,30,34)/t21-,22?,29?/m0/s1. The molecule has 1 aromatic carbocycles. The van der Waals surface area contributed by atoms with Gasteiger partial charge >= 0.3 is 6.09 Å². The Bertz CT molecular complexity index is 1230. The van der Waals surface area contributed by atoms with Gasteiger partial charge in [-0.05, 0) is 59.1 Å². The molecule has 210 valence electrons. The molecule has 0 bridgehead atoms. The molecule has 2 aliphatic rings. The highest BCUT2D eigenvalue weighted by molar-refractivity contribution is 6.76. The van der Waals surface area contributed by atoms with Gasteiger partial charge in [0.2, 0.25) is 5.91 Å². The first-order valence-electron chi connectivity index (χ1n) is 13.8. The highest BCUT2D eigenvalue weighted by Gasteiger charge is 2.70. The lowest BCUT2D eigenvalue weighted by molar-refractivity contribution is -0.125. The molecule has 2 fully saturated rings. The fraction of sp³-hybridized carbons (Fsp3) is 0.690. The molecular weight excluding hydrogens is 496 g/mol. The van der Waals surface area contributed by atoms with Crippen molar-refractivity contribution in [3.05, 3.63) is 29.5 Å². The van der Waals surface area contributed by atoms with Crippen LogP contribution in [0.5, 0.6) is 0 Å². The van der Waals surface area contributed by atoms with E-state index in [0.717, 1.165) is 34.8 Å². The smallest absolute Gasteiger partial charge is 0.410 e. The van der Waals surface area contributed by atoms with Crippen molar-refractivity contribution in [2.24, 2.45) is 17.3 Å². The second kappa shape index (κ2) is 9.66. The summed E-state index contributed by atoms with van der Waals surface area (Å²) in [4.78, 5) is 27.8. The molecular formula is C29H46N4O4Si. The number of fused-ring (bicyclic) bond motifs is 2. The third-order valence-corrected chi connectivity index (χ3v) is 9.65. The van der Waals surface area contributed by atoms with Gasteiger partial charge in [0.05, 0.1) is 22.7 Å². The molecule has 1 N–H and O–H groups in total. The summed E-state index contributed by atoms with van der Waals surface area (Å²) in [6.07, 6.45) is -0.301. The van der Waals surface area contributed by atoms with Crippen molar-refractivity contribution in [1.29, 1.82) is 0 Å². The van der Waals surface area contributed by atoms with E-state index in [9.17, 15) is 9.59 Å². The van der Waals surface area contributed by atoms with Crippen molar-refractivity contribution in [1.82, 2.24) is 20.0 Å². The van der Waals surface area contributed by atoms with Crippen LogP contribution in [0.2, 0.25) is 25.7 Å². The van der Waals surface area contributed by atoms with Gasteiger partial charge in [-0.25, -0.2) is 9.48 Å². The number of amides is 2. The summed E-state index contributed by atoms with van der Waals surface area (Å²) in [7, 11) is -1.18. The Morgan fingerprint density at radius 3 is 2.45 bits per heavy atom.